The number of furan rings is 1. The number of carbonyl (C=O) groups is 2. The summed E-state index contributed by atoms with van der Waals surface area (Å²) in [6.45, 7) is 5.47. The number of rotatable bonds is 7. The van der Waals surface area contributed by atoms with Gasteiger partial charge in [0.1, 0.15) is 5.58 Å². The Kier molecular flexibility index (Phi) is 7.43. The molecule has 0 radical (unpaired) electrons. The van der Waals surface area contributed by atoms with Crippen molar-refractivity contribution in [3.8, 4) is 0 Å². The number of nitrogens with one attached hydrogen (secondary N) is 3. The molecule has 12 nitrogen and oxygen atoms in total. The van der Waals surface area contributed by atoms with Gasteiger partial charge in [-0.3, -0.25) is 24.6 Å². The van der Waals surface area contributed by atoms with E-state index in [2.05, 4.69) is 15.0 Å². The minimum Gasteiger partial charge on any atom is -0.451 e. The molecule has 1 unspecified atom stereocenters. The molecule has 2 aromatic heterocycles. The van der Waals surface area contributed by atoms with E-state index in [-0.39, 0.29) is 34.5 Å². The lowest BCUT2D eigenvalue weighted by atomic mass is 10.1. The average molecular weight is 518 g/mol. The van der Waals surface area contributed by atoms with Crippen molar-refractivity contribution in [2.45, 2.75) is 24.8 Å². The number of aromatic nitrogens is 1. The molecule has 0 aliphatic carbocycles. The largest absolute Gasteiger partial charge is 0.451 e. The van der Waals surface area contributed by atoms with Crippen LogP contribution in [0.2, 0.25) is 0 Å². The lowest BCUT2D eigenvalue weighted by molar-refractivity contribution is 0.0676. The van der Waals surface area contributed by atoms with Crippen molar-refractivity contribution in [3.05, 3.63) is 54.0 Å². The maximum Gasteiger partial charge on any atom is 0.410 e. The first-order chi connectivity index (χ1) is 17.2. The number of fused-ring (bicyclic) bond motifs is 1. The summed E-state index contributed by atoms with van der Waals surface area (Å²) in [5.74, 6) is -0.849. The van der Waals surface area contributed by atoms with Crippen LogP contribution >= 0.6 is 0 Å². The minimum atomic E-state index is -4.10. The van der Waals surface area contributed by atoms with Crippen LogP contribution in [0, 0.1) is 5.92 Å². The number of sulfonamides is 1. The number of ether oxygens (including phenoxy) is 1. The third-order valence-corrected chi connectivity index (χ3v) is 6.91. The highest BCUT2D eigenvalue weighted by atomic mass is 32.2. The second-order valence-electron chi connectivity index (χ2n) is 8.68. The molecule has 192 valence electrons. The van der Waals surface area contributed by atoms with E-state index < -0.39 is 28.1 Å². The number of piperazine rings is 1. The Morgan fingerprint density at radius 1 is 1.31 bits per heavy atom. The molecule has 3 aromatic rings. The molecule has 1 aliphatic heterocycles. The monoisotopic (exact) mass is 517 g/mol. The van der Waals surface area contributed by atoms with Crippen molar-refractivity contribution in [1.82, 2.24) is 20.7 Å². The predicted molar refractivity (Wildman–Crippen MR) is 129 cm³/mol. The average Bonchev–Trinajstić information content (AvgIpc) is 3.30. The number of pyridine rings is 1. The molecule has 0 saturated carbocycles. The van der Waals surface area contributed by atoms with Crippen molar-refractivity contribution < 1.29 is 32.4 Å². The molecule has 4 rings (SSSR count). The number of hydroxylamine groups is 1. The maximum atomic E-state index is 13.2. The number of nitrogens with zero attached hydrogens (tertiary/aromatic N) is 2. The fourth-order valence-electron chi connectivity index (χ4n) is 3.81. The molecule has 0 bridgehead atoms. The van der Waals surface area contributed by atoms with Crippen LogP contribution in [0.5, 0.6) is 0 Å². The van der Waals surface area contributed by atoms with Gasteiger partial charge in [-0.25, -0.2) is 18.7 Å². The minimum absolute atomic E-state index is 0.106. The summed E-state index contributed by atoms with van der Waals surface area (Å²) in [7, 11) is -4.10. The molecule has 13 heteroatoms. The zero-order valence-electron chi connectivity index (χ0n) is 19.7. The first kappa shape index (κ1) is 25.4. The van der Waals surface area contributed by atoms with Gasteiger partial charge in [-0.2, -0.15) is 0 Å². The zero-order valence-corrected chi connectivity index (χ0v) is 20.5. The SMILES string of the molecule is CC(C)COC(=O)N1CCNCC1c1ncccc1NS(=O)(=O)c1ccc2cc(C(=O)NO)oc2c1. The summed E-state index contributed by atoms with van der Waals surface area (Å²) in [5.41, 5.74) is 2.21. The van der Waals surface area contributed by atoms with Crippen LogP contribution in [-0.2, 0) is 14.8 Å². The van der Waals surface area contributed by atoms with Gasteiger partial charge in [0.05, 0.1) is 28.9 Å². The quantitative estimate of drug-likeness (QED) is 0.272. The maximum absolute atomic E-state index is 13.2. The summed E-state index contributed by atoms with van der Waals surface area (Å²) >= 11 is 0. The van der Waals surface area contributed by atoms with Crippen LogP contribution in [0.25, 0.3) is 11.0 Å². The summed E-state index contributed by atoms with van der Waals surface area (Å²) < 4.78 is 39.8. The summed E-state index contributed by atoms with van der Waals surface area (Å²) in [6.07, 6.45) is 1.04. The standard InChI is InChI=1S/C23H27N5O7S/c1-14(2)13-34-23(30)28-9-8-24-12-18(28)21-17(4-3-7-25-21)27-36(32,33)16-6-5-15-10-20(22(29)26-31)35-19(15)11-16/h3-7,10-11,14,18,24,27,31H,8-9,12-13H2,1-2H3,(H,26,29). The Bertz CT molecular complexity index is 1370. The first-order valence-corrected chi connectivity index (χ1v) is 12.8. The molecular weight excluding hydrogens is 490 g/mol. The molecule has 4 N–H and O–H groups in total. The number of amides is 2. The topological polar surface area (TPSA) is 163 Å². The Labute approximate surface area is 207 Å². The highest BCUT2D eigenvalue weighted by molar-refractivity contribution is 7.92. The van der Waals surface area contributed by atoms with E-state index in [0.29, 0.717) is 30.7 Å². The Morgan fingerprint density at radius 3 is 2.86 bits per heavy atom. The lowest BCUT2D eigenvalue weighted by Gasteiger charge is -2.35. The van der Waals surface area contributed by atoms with Crippen molar-refractivity contribution >= 4 is 38.7 Å². The summed E-state index contributed by atoms with van der Waals surface area (Å²) in [4.78, 5) is 30.2. The van der Waals surface area contributed by atoms with Crippen LogP contribution in [0.1, 0.15) is 36.1 Å². The van der Waals surface area contributed by atoms with E-state index in [1.807, 2.05) is 13.8 Å². The number of hydrogen-bond donors (Lipinski definition) is 4. The second kappa shape index (κ2) is 10.5. The van der Waals surface area contributed by atoms with Gasteiger partial charge in [-0.15, -0.1) is 0 Å². The third kappa shape index (κ3) is 5.42. The molecule has 1 aromatic carbocycles. The van der Waals surface area contributed by atoms with Crippen molar-refractivity contribution in [2.24, 2.45) is 5.92 Å². The molecule has 1 saturated heterocycles. The number of anilines is 1. The van der Waals surface area contributed by atoms with Gasteiger partial charge in [-0.05, 0) is 36.2 Å². The first-order valence-electron chi connectivity index (χ1n) is 11.3. The van der Waals surface area contributed by atoms with Gasteiger partial charge < -0.3 is 14.5 Å². The van der Waals surface area contributed by atoms with Gasteiger partial charge in [0.15, 0.2) is 5.76 Å². The van der Waals surface area contributed by atoms with Crippen molar-refractivity contribution in [2.75, 3.05) is 31.0 Å². The van der Waals surface area contributed by atoms with Gasteiger partial charge in [0, 0.05) is 37.3 Å². The summed E-state index contributed by atoms with van der Waals surface area (Å²) in [6, 6.07) is 8.13. The Hall–Kier alpha value is -3.68. The van der Waals surface area contributed by atoms with Crippen molar-refractivity contribution in [1.29, 1.82) is 0 Å². The van der Waals surface area contributed by atoms with Gasteiger partial charge in [0.2, 0.25) is 0 Å². The van der Waals surface area contributed by atoms with E-state index in [9.17, 15) is 18.0 Å². The molecule has 1 fully saturated rings. The van der Waals surface area contributed by atoms with Crippen molar-refractivity contribution in [3.63, 3.8) is 0 Å². The van der Waals surface area contributed by atoms with Crippen LogP contribution in [0.15, 0.2) is 51.9 Å². The van der Waals surface area contributed by atoms with Crippen LogP contribution in [0.3, 0.4) is 0 Å². The normalized spacial score (nSPS) is 16.2. The van der Waals surface area contributed by atoms with Gasteiger partial charge in [0.25, 0.3) is 10.0 Å². The molecule has 0 spiro atoms. The smallest absolute Gasteiger partial charge is 0.410 e. The second-order valence-corrected chi connectivity index (χ2v) is 10.4. The molecule has 1 atom stereocenters. The third-order valence-electron chi connectivity index (χ3n) is 5.54. The lowest BCUT2D eigenvalue weighted by Crippen LogP contribution is -2.49. The zero-order chi connectivity index (χ0) is 25.9. The van der Waals surface area contributed by atoms with E-state index >= 15 is 0 Å². The van der Waals surface area contributed by atoms with Crippen LogP contribution < -0.4 is 15.5 Å². The van der Waals surface area contributed by atoms with E-state index in [4.69, 9.17) is 14.4 Å². The number of hydrogen-bond acceptors (Lipinski definition) is 9. The molecule has 3 heterocycles. The number of carbonyl (C=O) groups excluding carboxylic acids is 2. The molecular formula is C23H27N5O7S. The molecule has 36 heavy (non-hydrogen) atoms. The van der Waals surface area contributed by atoms with E-state index in [1.165, 1.54) is 35.9 Å². The molecule has 1 aliphatic rings. The fourth-order valence-corrected chi connectivity index (χ4v) is 4.90. The Balaban J connectivity index is 1.62. The van der Waals surface area contributed by atoms with Crippen LogP contribution in [0.4, 0.5) is 10.5 Å². The van der Waals surface area contributed by atoms with Gasteiger partial charge in [-0.1, -0.05) is 13.8 Å². The predicted octanol–water partition coefficient (Wildman–Crippen LogP) is 2.49. The number of benzene rings is 1. The Morgan fingerprint density at radius 2 is 2.11 bits per heavy atom. The summed E-state index contributed by atoms with van der Waals surface area (Å²) in [5, 5.41) is 12.5. The van der Waals surface area contributed by atoms with E-state index in [1.54, 1.807) is 17.0 Å². The highest BCUT2D eigenvalue weighted by Crippen LogP contribution is 2.30. The molecule has 2 amide bonds. The van der Waals surface area contributed by atoms with Gasteiger partial charge >= 0.3 is 12.0 Å². The van der Waals surface area contributed by atoms with E-state index in [0.717, 1.165) is 0 Å². The highest BCUT2D eigenvalue weighted by Gasteiger charge is 2.32. The van der Waals surface area contributed by atoms with Crippen LogP contribution in [-0.4, -0.2) is 61.8 Å². The fraction of sp³-hybridized carbons (Fsp3) is 0.348.